The molecule has 1 aliphatic heterocycles. The molecule has 1 saturated heterocycles. The Labute approximate surface area is 230 Å². The van der Waals surface area contributed by atoms with Gasteiger partial charge >= 0.3 is 0 Å². The summed E-state index contributed by atoms with van der Waals surface area (Å²) in [5, 5.41) is 24.8. The molecule has 0 radical (unpaired) electrons. The topological polar surface area (TPSA) is 117 Å². The van der Waals surface area contributed by atoms with Gasteiger partial charge in [0, 0.05) is 37.4 Å². The summed E-state index contributed by atoms with van der Waals surface area (Å²) in [5.74, 6) is 0.00117. The van der Waals surface area contributed by atoms with Crippen LogP contribution in [0.15, 0.2) is 65.4 Å². The van der Waals surface area contributed by atoms with Crippen LogP contribution in [0.25, 0.3) is 0 Å². The zero-order chi connectivity index (χ0) is 27.0. The average Bonchev–Trinajstić information content (AvgIpc) is 3.42. The first-order valence-electron chi connectivity index (χ1n) is 13.0. The molecule has 206 valence electrons. The second-order valence-electron chi connectivity index (χ2n) is 9.54. The molecule has 1 amide bonds. The Morgan fingerprint density at radius 1 is 1.11 bits per heavy atom. The van der Waals surface area contributed by atoms with Crippen molar-refractivity contribution in [3.05, 3.63) is 82.0 Å². The highest BCUT2D eigenvalue weighted by molar-refractivity contribution is 8.25. The van der Waals surface area contributed by atoms with Crippen LogP contribution in [0.5, 0.6) is 0 Å². The number of aliphatic hydroxyl groups excluding tert-OH is 1. The molecule has 2 atom stereocenters. The van der Waals surface area contributed by atoms with E-state index in [1.165, 1.54) is 0 Å². The number of anilines is 2. The standard InChI is InChI=1S/C28H38N4O4S2/c1-2-30-24-15-23(16-25(17-24)32-11-6-7-13-38(32,35)36)28(34)31-26(14-21-8-4-3-5-9-21)27(33)19-29-18-22-10-12-37-20-22/h3-5,8-10,12,15-17,20,26-27,29-30,33,35-36H,2,6-7,11,13-14,18-19H2,1H3,(H,31,34). The Kier molecular flexibility index (Phi) is 10.1. The van der Waals surface area contributed by atoms with Gasteiger partial charge in [-0.15, -0.1) is 10.8 Å². The molecule has 4 rings (SSSR count). The molecule has 1 aliphatic rings. The summed E-state index contributed by atoms with van der Waals surface area (Å²) in [4.78, 5) is 13.6. The molecule has 2 heterocycles. The van der Waals surface area contributed by atoms with E-state index in [4.69, 9.17) is 0 Å². The Balaban J connectivity index is 1.53. The molecule has 2 aromatic carbocycles. The van der Waals surface area contributed by atoms with Crippen molar-refractivity contribution in [2.45, 2.75) is 44.9 Å². The Hall–Kier alpha value is -2.60. The van der Waals surface area contributed by atoms with E-state index >= 15 is 0 Å². The van der Waals surface area contributed by atoms with E-state index in [0.29, 0.717) is 49.6 Å². The van der Waals surface area contributed by atoms with Gasteiger partial charge in [-0.2, -0.15) is 11.3 Å². The summed E-state index contributed by atoms with van der Waals surface area (Å²) in [6.07, 6.45) is 1.27. The summed E-state index contributed by atoms with van der Waals surface area (Å²) in [6, 6.07) is 16.6. The molecule has 0 spiro atoms. The maximum atomic E-state index is 13.6. The predicted octanol–water partition coefficient (Wildman–Crippen LogP) is 4.94. The highest BCUT2D eigenvalue weighted by Gasteiger charge is 2.28. The lowest BCUT2D eigenvalue weighted by Gasteiger charge is -2.47. The maximum Gasteiger partial charge on any atom is 0.251 e. The van der Waals surface area contributed by atoms with E-state index in [-0.39, 0.29) is 5.91 Å². The zero-order valence-corrected chi connectivity index (χ0v) is 23.3. The lowest BCUT2D eigenvalue weighted by atomic mass is 10.00. The van der Waals surface area contributed by atoms with Crippen LogP contribution < -0.4 is 20.3 Å². The monoisotopic (exact) mass is 558 g/mol. The van der Waals surface area contributed by atoms with Crippen LogP contribution in [0, 0.1) is 0 Å². The fourth-order valence-corrected chi connectivity index (χ4v) is 6.95. The largest absolute Gasteiger partial charge is 0.390 e. The molecule has 0 saturated carbocycles. The second-order valence-corrected chi connectivity index (χ2v) is 12.4. The van der Waals surface area contributed by atoms with Crippen molar-refractivity contribution in [1.29, 1.82) is 0 Å². The van der Waals surface area contributed by atoms with Gasteiger partial charge in [-0.1, -0.05) is 30.3 Å². The van der Waals surface area contributed by atoms with E-state index < -0.39 is 22.9 Å². The molecule has 1 fully saturated rings. The van der Waals surface area contributed by atoms with E-state index in [1.54, 1.807) is 27.8 Å². The van der Waals surface area contributed by atoms with Crippen molar-refractivity contribution in [2.24, 2.45) is 0 Å². The van der Waals surface area contributed by atoms with Gasteiger partial charge in [0.15, 0.2) is 0 Å². The normalized spacial score (nSPS) is 17.4. The lowest BCUT2D eigenvalue weighted by molar-refractivity contribution is 0.0830. The Bertz CT molecular complexity index is 1160. The summed E-state index contributed by atoms with van der Waals surface area (Å²) < 4.78 is 23.0. The SMILES string of the molecule is CCNc1cc(C(=O)NC(Cc2ccccc2)C(O)CNCc2ccsc2)cc(N2CCCCS2(O)O)c1. The minimum absolute atomic E-state index is 0.322. The fraction of sp³-hybridized carbons (Fsp3) is 0.393. The van der Waals surface area contributed by atoms with Gasteiger partial charge < -0.3 is 21.1 Å². The van der Waals surface area contributed by atoms with Gasteiger partial charge in [0.1, 0.15) is 0 Å². The molecule has 38 heavy (non-hydrogen) atoms. The number of rotatable bonds is 12. The number of nitrogens with zero attached hydrogens (tertiary/aromatic N) is 1. The Morgan fingerprint density at radius 3 is 2.63 bits per heavy atom. The van der Waals surface area contributed by atoms with Gasteiger partial charge in [-0.05, 0) is 72.3 Å². The molecule has 6 N–H and O–H groups in total. The molecule has 10 heteroatoms. The van der Waals surface area contributed by atoms with Crippen LogP contribution in [0.2, 0.25) is 0 Å². The van der Waals surface area contributed by atoms with Gasteiger partial charge in [0.25, 0.3) is 5.91 Å². The number of hydrogen-bond acceptors (Lipinski definition) is 8. The van der Waals surface area contributed by atoms with Gasteiger partial charge in [-0.3, -0.25) is 18.2 Å². The van der Waals surface area contributed by atoms with E-state index in [2.05, 4.69) is 21.3 Å². The quantitative estimate of drug-likeness (QED) is 0.187. The first kappa shape index (κ1) is 28.4. The number of aliphatic hydroxyl groups is 1. The zero-order valence-electron chi connectivity index (χ0n) is 21.7. The van der Waals surface area contributed by atoms with Crippen molar-refractivity contribution in [2.75, 3.05) is 35.0 Å². The van der Waals surface area contributed by atoms with Crippen LogP contribution in [0.1, 0.15) is 41.3 Å². The molecule has 1 aromatic heterocycles. The smallest absolute Gasteiger partial charge is 0.251 e. The van der Waals surface area contributed by atoms with Crippen molar-refractivity contribution < 1.29 is 19.0 Å². The number of carbonyl (C=O) groups excluding carboxylic acids is 1. The lowest BCUT2D eigenvalue weighted by Crippen LogP contribution is -2.48. The number of carbonyl (C=O) groups is 1. The van der Waals surface area contributed by atoms with Crippen LogP contribution in [-0.2, 0) is 13.0 Å². The summed E-state index contributed by atoms with van der Waals surface area (Å²) in [7, 11) is -2.93. The third-order valence-corrected chi connectivity index (χ3v) is 9.24. The van der Waals surface area contributed by atoms with Crippen molar-refractivity contribution in [3.63, 3.8) is 0 Å². The second kappa shape index (κ2) is 13.5. The van der Waals surface area contributed by atoms with Gasteiger partial charge in [0.05, 0.1) is 23.6 Å². The summed E-state index contributed by atoms with van der Waals surface area (Å²) in [5.41, 5.74) is 3.90. The summed E-state index contributed by atoms with van der Waals surface area (Å²) in [6.45, 7) is 4.11. The molecular weight excluding hydrogens is 520 g/mol. The minimum atomic E-state index is -2.93. The van der Waals surface area contributed by atoms with Crippen LogP contribution in [-0.4, -0.2) is 57.7 Å². The van der Waals surface area contributed by atoms with Crippen molar-refractivity contribution in [3.8, 4) is 0 Å². The molecular formula is C28H38N4O4S2. The predicted molar refractivity (Wildman–Crippen MR) is 158 cm³/mol. The van der Waals surface area contributed by atoms with Crippen molar-refractivity contribution in [1.82, 2.24) is 10.6 Å². The molecule has 3 aromatic rings. The first-order chi connectivity index (χ1) is 18.4. The van der Waals surface area contributed by atoms with Gasteiger partial charge in [0.2, 0.25) is 0 Å². The minimum Gasteiger partial charge on any atom is -0.390 e. The van der Waals surface area contributed by atoms with Crippen LogP contribution >= 0.6 is 22.1 Å². The first-order valence-corrected chi connectivity index (χ1v) is 15.6. The summed E-state index contributed by atoms with van der Waals surface area (Å²) >= 11 is 1.63. The molecule has 2 unspecified atom stereocenters. The van der Waals surface area contributed by atoms with E-state index in [1.807, 2.05) is 54.8 Å². The molecule has 8 nitrogen and oxygen atoms in total. The number of thiophene rings is 1. The van der Waals surface area contributed by atoms with Gasteiger partial charge in [-0.25, -0.2) is 0 Å². The van der Waals surface area contributed by atoms with Crippen LogP contribution in [0.3, 0.4) is 0 Å². The highest BCUT2D eigenvalue weighted by Crippen LogP contribution is 2.50. The fourth-order valence-electron chi connectivity index (χ4n) is 4.60. The number of hydrogen-bond donors (Lipinski definition) is 6. The average molecular weight is 559 g/mol. The van der Waals surface area contributed by atoms with E-state index in [0.717, 1.165) is 29.7 Å². The van der Waals surface area contributed by atoms with Crippen molar-refractivity contribution >= 4 is 39.4 Å². The molecule has 0 aliphatic carbocycles. The maximum absolute atomic E-state index is 13.6. The number of benzene rings is 2. The number of nitrogens with one attached hydrogen (secondary N) is 3. The number of amides is 1. The van der Waals surface area contributed by atoms with E-state index in [9.17, 15) is 19.0 Å². The Morgan fingerprint density at radius 2 is 1.92 bits per heavy atom. The van der Waals surface area contributed by atoms with Crippen LogP contribution in [0.4, 0.5) is 11.4 Å². The molecule has 0 bridgehead atoms. The third kappa shape index (κ3) is 7.72. The highest BCUT2D eigenvalue weighted by atomic mass is 32.3. The third-order valence-electron chi connectivity index (χ3n) is 6.57.